The van der Waals surface area contributed by atoms with Crippen molar-refractivity contribution in [1.29, 1.82) is 0 Å². The van der Waals surface area contributed by atoms with Crippen LogP contribution in [0.3, 0.4) is 0 Å². The van der Waals surface area contributed by atoms with E-state index in [9.17, 15) is 4.79 Å². The van der Waals surface area contributed by atoms with Crippen LogP contribution in [-0.2, 0) is 7.05 Å². The molecule has 2 aliphatic rings. The molecule has 3 heterocycles. The Bertz CT molecular complexity index is 471. The van der Waals surface area contributed by atoms with Crippen LogP contribution in [0.1, 0.15) is 23.3 Å². The van der Waals surface area contributed by atoms with Gasteiger partial charge in [-0.1, -0.05) is 0 Å². The standard InChI is InChI=1S/C14H20BrN3O/c1-17-9-12(15)6-13(17)14(19)18-4-2-10-7-16-8-11(10)3-5-18/h6,9-11,16H,2-5,7-8H2,1H3/t10-,11+. The SMILES string of the molecule is Cn1cc(Br)cc1C(=O)N1CC[C@@H]2CNC[C@@H]2CC1. The van der Waals surface area contributed by atoms with Gasteiger partial charge in [-0.05, 0) is 59.8 Å². The van der Waals surface area contributed by atoms with E-state index >= 15 is 0 Å². The number of carbonyl (C=O) groups is 1. The number of rotatable bonds is 1. The first kappa shape index (κ1) is 13.2. The zero-order valence-electron chi connectivity index (χ0n) is 11.2. The molecule has 2 saturated heterocycles. The normalized spacial score (nSPS) is 27.2. The summed E-state index contributed by atoms with van der Waals surface area (Å²) < 4.78 is 2.87. The molecule has 1 aromatic rings. The Morgan fingerprint density at radius 2 is 1.95 bits per heavy atom. The highest BCUT2D eigenvalue weighted by atomic mass is 79.9. The van der Waals surface area contributed by atoms with E-state index in [2.05, 4.69) is 21.2 Å². The van der Waals surface area contributed by atoms with Gasteiger partial charge in [0.25, 0.3) is 5.91 Å². The number of likely N-dealkylation sites (tertiary alicyclic amines) is 1. The van der Waals surface area contributed by atoms with Crippen LogP contribution in [0.5, 0.6) is 0 Å². The van der Waals surface area contributed by atoms with E-state index in [0.29, 0.717) is 0 Å². The number of carbonyl (C=O) groups excluding carboxylic acids is 1. The van der Waals surface area contributed by atoms with E-state index in [4.69, 9.17) is 0 Å². The largest absolute Gasteiger partial charge is 0.345 e. The highest BCUT2D eigenvalue weighted by Crippen LogP contribution is 2.28. The quantitative estimate of drug-likeness (QED) is 0.855. The molecule has 2 aliphatic heterocycles. The first-order valence-electron chi connectivity index (χ1n) is 6.97. The monoisotopic (exact) mass is 325 g/mol. The van der Waals surface area contributed by atoms with Crippen LogP contribution in [0.15, 0.2) is 16.7 Å². The summed E-state index contributed by atoms with van der Waals surface area (Å²) in [5, 5.41) is 3.47. The maximum absolute atomic E-state index is 12.6. The molecule has 0 aliphatic carbocycles. The second-order valence-corrected chi connectivity index (χ2v) is 6.62. The molecule has 0 spiro atoms. The lowest BCUT2D eigenvalue weighted by atomic mass is 9.92. The minimum Gasteiger partial charge on any atom is -0.345 e. The summed E-state index contributed by atoms with van der Waals surface area (Å²) in [6, 6.07) is 1.91. The van der Waals surface area contributed by atoms with Gasteiger partial charge >= 0.3 is 0 Å². The van der Waals surface area contributed by atoms with Crippen LogP contribution < -0.4 is 5.32 Å². The van der Waals surface area contributed by atoms with Gasteiger partial charge < -0.3 is 14.8 Å². The average molecular weight is 326 g/mol. The molecule has 1 amide bonds. The van der Waals surface area contributed by atoms with E-state index in [1.807, 2.05) is 28.8 Å². The molecule has 1 N–H and O–H groups in total. The lowest BCUT2D eigenvalue weighted by Gasteiger charge is -2.21. The van der Waals surface area contributed by atoms with Crippen molar-refractivity contribution in [2.24, 2.45) is 18.9 Å². The molecule has 3 rings (SSSR count). The number of amides is 1. The number of hydrogen-bond donors (Lipinski definition) is 1. The summed E-state index contributed by atoms with van der Waals surface area (Å²) in [5.74, 6) is 1.69. The first-order chi connectivity index (χ1) is 9.15. The van der Waals surface area contributed by atoms with Gasteiger partial charge in [0.15, 0.2) is 0 Å². The summed E-state index contributed by atoms with van der Waals surface area (Å²) in [6.07, 6.45) is 4.20. The lowest BCUT2D eigenvalue weighted by molar-refractivity contribution is 0.0749. The van der Waals surface area contributed by atoms with Crippen molar-refractivity contribution in [1.82, 2.24) is 14.8 Å². The number of fused-ring (bicyclic) bond motifs is 1. The van der Waals surface area contributed by atoms with Crippen molar-refractivity contribution in [2.45, 2.75) is 12.8 Å². The van der Waals surface area contributed by atoms with Crippen LogP contribution in [-0.4, -0.2) is 41.6 Å². The van der Waals surface area contributed by atoms with Gasteiger partial charge in [-0.15, -0.1) is 0 Å². The van der Waals surface area contributed by atoms with Crippen molar-refractivity contribution in [2.75, 3.05) is 26.2 Å². The molecule has 0 radical (unpaired) electrons. The number of aryl methyl sites for hydroxylation is 1. The van der Waals surface area contributed by atoms with Gasteiger partial charge in [0.05, 0.1) is 0 Å². The zero-order chi connectivity index (χ0) is 13.4. The third-order valence-corrected chi connectivity index (χ3v) is 4.93. The molecule has 4 nitrogen and oxygen atoms in total. The Kier molecular flexibility index (Phi) is 3.67. The van der Waals surface area contributed by atoms with Crippen LogP contribution in [0.2, 0.25) is 0 Å². The van der Waals surface area contributed by atoms with Gasteiger partial charge in [-0.25, -0.2) is 0 Å². The van der Waals surface area contributed by atoms with E-state index in [1.165, 1.54) is 0 Å². The fourth-order valence-electron chi connectivity index (χ4n) is 3.32. The molecule has 0 unspecified atom stereocenters. The van der Waals surface area contributed by atoms with Crippen molar-refractivity contribution in [3.63, 3.8) is 0 Å². The van der Waals surface area contributed by atoms with E-state index in [1.54, 1.807) is 0 Å². The second-order valence-electron chi connectivity index (χ2n) is 5.70. The van der Waals surface area contributed by atoms with Gasteiger partial charge in [0.1, 0.15) is 5.69 Å². The summed E-state index contributed by atoms with van der Waals surface area (Å²) >= 11 is 3.43. The van der Waals surface area contributed by atoms with Crippen LogP contribution in [0, 0.1) is 11.8 Å². The number of hydrogen-bond acceptors (Lipinski definition) is 2. The number of nitrogens with zero attached hydrogens (tertiary/aromatic N) is 2. The maximum Gasteiger partial charge on any atom is 0.270 e. The highest BCUT2D eigenvalue weighted by Gasteiger charge is 2.32. The zero-order valence-corrected chi connectivity index (χ0v) is 12.8. The van der Waals surface area contributed by atoms with Crippen LogP contribution in [0.4, 0.5) is 0 Å². The Hall–Kier alpha value is -0.810. The number of nitrogens with one attached hydrogen (secondary N) is 1. The van der Waals surface area contributed by atoms with Crippen molar-refractivity contribution >= 4 is 21.8 Å². The topological polar surface area (TPSA) is 37.3 Å². The molecule has 0 bridgehead atoms. The molecule has 2 fully saturated rings. The summed E-state index contributed by atoms with van der Waals surface area (Å²) in [6.45, 7) is 4.04. The minimum atomic E-state index is 0.168. The minimum absolute atomic E-state index is 0.168. The van der Waals surface area contributed by atoms with E-state index < -0.39 is 0 Å². The maximum atomic E-state index is 12.6. The number of halogens is 1. The molecular weight excluding hydrogens is 306 g/mol. The van der Waals surface area contributed by atoms with Gasteiger partial charge in [-0.2, -0.15) is 0 Å². The smallest absolute Gasteiger partial charge is 0.270 e. The molecule has 0 aromatic carbocycles. The molecular formula is C14H20BrN3O. The molecule has 104 valence electrons. The molecule has 0 saturated carbocycles. The summed E-state index contributed by atoms with van der Waals surface area (Å²) in [4.78, 5) is 14.6. The van der Waals surface area contributed by atoms with Crippen molar-refractivity contribution < 1.29 is 4.79 Å². The molecule has 1 aromatic heterocycles. The summed E-state index contributed by atoms with van der Waals surface area (Å²) in [7, 11) is 1.93. The lowest BCUT2D eigenvalue weighted by Crippen LogP contribution is -2.33. The average Bonchev–Trinajstić information content (AvgIpc) is 2.90. The Labute approximate surface area is 122 Å². The second kappa shape index (κ2) is 5.29. The van der Waals surface area contributed by atoms with Crippen LogP contribution >= 0.6 is 15.9 Å². The fourth-order valence-corrected chi connectivity index (χ4v) is 3.84. The van der Waals surface area contributed by atoms with E-state index in [-0.39, 0.29) is 5.91 Å². The first-order valence-corrected chi connectivity index (χ1v) is 7.76. The third-order valence-electron chi connectivity index (χ3n) is 4.50. The molecule has 19 heavy (non-hydrogen) atoms. The van der Waals surface area contributed by atoms with Gasteiger partial charge in [0, 0.05) is 30.8 Å². The predicted molar refractivity (Wildman–Crippen MR) is 78.1 cm³/mol. The number of aromatic nitrogens is 1. The molecule has 5 heteroatoms. The third kappa shape index (κ3) is 2.58. The Morgan fingerprint density at radius 3 is 2.47 bits per heavy atom. The van der Waals surface area contributed by atoms with Crippen molar-refractivity contribution in [3.05, 3.63) is 22.4 Å². The fraction of sp³-hybridized carbons (Fsp3) is 0.643. The molecule has 2 atom stereocenters. The van der Waals surface area contributed by atoms with Crippen molar-refractivity contribution in [3.8, 4) is 0 Å². The van der Waals surface area contributed by atoms with E-state index in [0.717, 1.165) is 61.0 Å². The highest BCUT2D eigenvalue weighted by molar-refractivity contribution is 9.10. The Balaban J connectivity index is 1.72. The Morgan fingerprint density at radius 1 is 1.32 bits per heavy atom. The predicted octanol–water partition coefficient (Wildman–Crippen LogP) is 1.86. The van der Waals surface area contributed by atoms with Gasteiger partial charge in [0.2, 0.25) is 0 Å². The van der Waals surface area contributed by atoms with Gasteiger partial charge in [-0.3, -0.25) is 4.79 Å². The summed E-state index contributed by atoms with van der Waals surface area (Å²) in [5.41, 5.74) is 0.775. The van der Waals surface area contributed by atoms with Crippen LogP contribution in [0.25, 0.3) is 0 Å².